The molecule has 0 fully saturated rings. The first kappa shape index (κ1) is 16.4. The number of aliphatic carboxylic acids is 2. The standard InChI is InChI=1S/C13H21NO4/c1-4-14(5-2)8-6-7-11(13(17)18)9-10(3)12(15)16/h9H,3-8H2,1-2H3,(H,15,16)(H,17,18). The van der Waals surface area contributed by atoms with E-state index in [1.165, 1.54) is 0 Å². The molecule has 0 atom stereocenters. The minimum absolute atomic E-state index is 0.0922. The average molecular weight is 255 g/mol. The summed E-state index contributed by atoms with van der Waals surface area (Å²) in [6, 6.07) is 0. The summed E-state index contributed by atoms with van der Waals surface area (Å²) in [7, 11) is 0. The van der Waals surface area contributed by atoms with Gasteiger partial charge in [-0.2, -0.15) is 0 Å². The first-order valence-electron chi connectivity index (χ1n) is 6.00. The Morgan fingerprint density at radius 1 is 1.17 bits per heavy atom. The van der Waals surface area contributed by atoms with E-state index >= 15 is 0 Å². The van der Waals surface area contributed by atoms with Gasteiger partial charge >= 0.3 is 11.9 Å². The van der Waals surface area contributed by atoms with Crippen molar-refractivity contribution >= 4 is 11.9 Å². The van der Waals surface area contributed by atoms with E-state index in [-0.39, 0.29) is 11.1 Å². The smallest absolute Gasteiger partial charge is 0.335 e. The highest BCUT2D eigenvalue weighted by Crippen LogP contribution is 2.10. The fraction of sp³-hybridized carbons (Fsp3) is 0.538. The minimum atomic E-state index is -1.20. The third-order valence-corrected chi connectivity index (χ3v) is 2.71. The zero-order chi connectivity index (χ0) is 14.1. The van der Waals surface area contributed by atoms with Crippen molar-refractivity contribution in [3.8, 4) is 0 Å². The van der Waals surface area contributed by atoms with Gasteiger partial charge in [-0.1, -0.05) is 20.4 Å². The van der Waals surface area contributed by atoms with Crippen molar-refractivity contribution in [2.24, 2.45) is 0 Å². The van der Waals surface area contributed by atoms with E-state index in [1.807, 2.05) is 13.8 Å². The summed E-state index contributed by atoms with van der Waals surface area (Å²) in [5.74, 6) is -2.28. The van der Waals surface area contributed by atoms with Gasteiger partial charge in [0.2, 0.25) is 0 Å². The monoisotopic (exact) mass is 255 g/mol. The molecule has 5 nitrogen and oxygen atoms in total. The van der Waals surface area contributed by atoms with Gasteiger partial charge in [0.05, 0.1) is 5.57 Å². The van der Waals surface area contributed by atoms with E-state index in [2.05, 4.69) is 11.5 Å². The van der Waals surface area contributed by atoms with E-state index in [9.17, 15) is 9.59 Å². The van der Waals surface area contributed by atoms with Gasteiger partial charge in [-0.3, -0.25) is 0 Å². The highest BCUT2D eigenvalue weighted by atomic mass is 16.4. The van der Waals surface area contributed by atoms with Crippen molar-refractivity contribution in [3.05, 3.63) is 23.8 Å². The second-order valence-corrected chi connectivity index (χ2v) is 3.94. The summed E-state index contributed by atoms with van der Waals surface area (Å²) >= 11 is 0. The summed E-state index contributed by atoms with van der Waals surface area (Å²) in [6.07, 6.45) is 2.16. The average Bonchev–Trinajstić information content (AvgIpc) is 2.32. The van der Waals surface area contributed by atoms with Gasteiger partial charge in [-0.25, -0.2) is 9.59 Å². The summed E-state index contributed by atoms with van der Waals surface area (Å²) in [5, 5.41) is 17.6. The Hall–Kier alpha value is -1.62. The SMILES string of the molecule is C=C(C=C(CCCN(CC)CC)C(=O)O)C(=O)O. The molecule has 102 valence electrons. The van der Waals surface area contributed by atoms with Gasteiger partial charge < -0.3 is 15.1 Å². The van der Waals surface area contributed by atoms with Crippen molar-refractivity contribution < 1.29 is 19.8 Å². The molecule has 0 aromatic heterocycles. The quantitative estimate of drug-likeness (QED) is 0.485. The van der Waals surface area contributed by atoms with Crippen LogP contribution in [0.2, 0.25) is 0 Å². The summed E-state index contributed by atoms with van der Waals surface area (Å²) in [5.41, 5.74) is -0.107. The van der Waals surface area contributed by atoms with Crippen LogP contribution < -0.4 is 0 Å². The second kappa shape index (κ2) is 8.47. The highest BCUT2D eigenvalue weighted by molar-refractivity contribution is 5.94. The van der Waals surface area contributed by atoms with Crippen LogP contribution in [0.1, 0.15) is 26.7 Å². The third-order valence-electron chi connectivity index (χ3n) is 2.71. The molecular formula is C13H21NO4. The van der Waals surface area contributed by atoms with Crippen molar-refractivity contribution in [1.29, 1.82) is 0 Å². The molecule has 0 aromatic carbocycles. The van der Waals surface area contributed by atoms with Gasteiger partial charge in [0.15, 0.2) is 0 Å². The van der Waals surface area contributed by atoms with E-state index in [4.69, 9.17) is 10.2 Å². The second-order valence-electron chi connectivity index (χ2n) is 3.94. The summed E-state index contributed by atoms with van der Waals surface area (Å²) in [6.45, 7) is 10.0. The fourth-order valence-electron chi connectivity index (χ4n) is 1.55. The Labute approximate surface area is 107 Å². The van der Waals surface area contributed by atoms with Crippen LogP contribution in [0.15, 0.2) is 23.8 Å². The molecule has 0 spiro atoms. The molecule has 0 unspecified atom stereocenters. The summed E-state index contributed by atoms with van der Waals surface area (Å²) in [4.78, 5) is 23.7. The Kier molecular flexibility index (Phi) is 7.71. The molecule has 0 heterocycles. The van der Waals surface area contributed by atoms with E-state index < -0.39 is 11.9 Å². The lowest BCUT2D eigenvalue weighted by atomic mass is 10.1. The van der Waals surface area contributed by atoms with Crippen molar-refractivity contribution in [2.45, 2.75) is 26.7 Å². The first-order valence-corrected chi connectivity index (χ1v) is 6.00. The Morgan fingerprint density at radius 3 is 2.11 bits per heavy atom. The Morgan fingerprint density at radius 2 is 1.72 bits per heavy atom. The van der Waals surface area contributed by atoms with Crippen LogP contribution >= 0.6 is 0 Å². The van der Waals surface area contributed by atoms with Crippen LogP contribution in [0, 0.1) is 0 Å². The Balaban J connectivity index is 4.43. The predicted octanol–water partition coefficient (Wildman–Crippen LogP) is 1.76. The maximum absolute atomic E-state index is 11.0. The van der Waals surface area contributed by atoms with Crippen LogP contribution in [0.5, 0.6) is 0 Å². The molecule has 2 N–H and O–H groups in total. The van der Waals surface area contributed by atoms with Crippen molar-refractivity contribution in [1.82, 2.24) is 4.90 Å². The molecule has 0 amide bonds. The van der Waals surface area contributed by atoms with Crippen LogP contribution in [0.25, 0.3) is 0 Å². The fourth-order valence-corrected chi connectivity index (χ4v) is 1.55. The molecule has 0 aromatic rings. The van der Waals surface area contributed by atoms with Crippen LogP contribution in [-0.2, 0) is 9.59 Å². The van der Waals surface area contributed by atoms with Gasteiger partial charge in [-0.05, 0) is 38.6 Å². The third kappa shape index (κ3) is 6.20. The number of carbonyl (C=O) groups is 2. The lowest BCUT2D eigenvalue weighted by molar-refractivity contribution is -0.133. The molecule has 0 aliphatic heterocycles. The molecule has 0 aliphatic carbocycles. The molecule has 5 heteroatoms. The van der Waals surface area contributed by atoms with Crippen molar-refractivity contribution in [2.75, 3.05) is 19.6 Å². The van der Waals surface area contributed by atoms with Crippen LogP contribution in [0.4, 0.5) is 0 Å². The lowest BCUT2D eigenvalue weighted by Gasteiger charge is -2.17. The molecule has 0 radical (unpaired) electrons. The number of carboxylic acids is 2. The molecular weight excluding hydrogens is 234 g/mol. The lowest BCUT2D eigenvalue weighted by Crippen LogP contribution is -2.24. The largest absolute Gasteiger partial charge is 0.478 e. The van der Waals surface area contributed by atoms with Gasteiger partial charge in [0.25, 0.3) is 0 Å². The van der Waals surface area contributed by atoms with Gasteiger partial charge in [0, 0.05) is 5.57 Å². The maximum atomic E-state index is 11.0. The van der Waals surface area contributed by atoms with Gasteiger partial charge in [-0.15, -0.1) is 0 Å². The molecule has 18 heavy (non-hydrogen) atoms. The van der Waals surface area contributed by atoms with Crippen molar-refractivity contribution in [3.63, 3.8) is 0 Å². The van der Waals surface area contributed by atoms with E-state index in [0.717, 1.165) is 25.7 Å². The summed E-state index contributed by atoms with van der Waals surface area (Å²) < 4.78 is 0. The topological polar surface area (TPSA) is 77.8 Å². The number of carboxylic acid groups (broad SMARTS) is 2. The molecule has 0 saturated carbocycles. The molecule has 0 saturated heterocycles. The highest BCUT2D eigenvalue weighted by Gasteiger charge is 2.11. The number of hydrogen-bond acceptors (Lipinski definition) is 3. The Bertz CT molecular complexity index is 343. The normalized spacial score (nSPS) is 11.6. The zero-order valence-corrected chi connectivity index (χ0v) is 11.0. The predicted molar refractivity (Wildman–Crippen MR) is 69.5 cm³/mol. The van der Waals surface area contributed by atoms with Crippen LogP contribution in [-0.4, -0.2) is 46.7 Å². The maximum Gasteiger partial charge on any atom is 0.335 e. The molecule has 0 aliphatic rings. The number of nitrogens with zero attached hydrogens (tertiary/aromatic N) is 1. The minimum Gasteiger partial charge on any atom is -0.478 e. The zero-order valence-electron chi connectivity index (χ0n) is 11.0. The van der Waals surface area contributed by atoms with E-state index in [0.29, 0.717) is 12.8 Å². The van der Waals surface area contributed by atoms with E-state index in [1.54, 1.807) is 0 Å². The van der Waals surface area contributed by atoms with Gasteiger partial charge in [0.1, 0.15) is 0 Å². The number of hydrogen-bond donors (Lipinski definition) is 2. The number of rotatable bonds is 9. The first-order chi connectivity index (χ1) is 8.42. The molecule has 0 rings (SSSR count). The molecule has 0 bridgehead atoms. The van der Waals surface area contributed by atoms with Crippen LogP contribution in [0.3, 0.4) is 0 Å².